The molecular formula is C21H33N5O. The molecule has 148 valence electrons. The molecule has 0 unspecified atom stereocenters. The van der Waals surface area contributed by atoms with Crippen molar-refractivity contribution in [3.63, 3.8) is 0 Å². The monoisotopic (exact) mass is 371 g/mol. The first-order valence-electron chi connectivity index (χ1n) is 9.81. The third kappa shape index (κ3) is 4.45. The topological polar surface area (TPSA) is 64.7 Å². The highest BCUT2D eigenvalue weighted by Crippen LogP contribution is 2.25. The van der Waals surface area contributed by atoms with Gasteiger partial charge < -0.3 is 25.3 Å². The number of hydrogen-bond acceptors (Lipinski definition) is 3. The molecule has 1 aliphatic heterocycles. The van der Waals surface area contributed by atoms with E-state index in [1.807, 2.05) is 7.05 Å². The zero-order valence-electron chi connectivity index (χ0n) is 17.1. The molecular weight excluding hydrogens is 338 g/mol. The molecule has 0 atom stereocenters. The Morgan fingerprint density at radius 2 is 2.04 bits per heavy atom. The molecule has 0 spiro atoms. The number of benzene rings is 1. The van der Waals surface area contributed by atoms with Crippen molar-refractivity contribution in [1.29, 1.82) is 0 Å². The molecule has 1 aromatic heterocycles. The van der Waals surface area contributed by atoms with Crippen LogP contribution in [0.1, 0.15) is 24.0 Å². The molecule has 0 radical (unpaired) electrons. The summed E-state index contributed by atoms with van der Waals surface area (Å²) in [6.07, 6.45) is 5.16. The number of nitrogens with zero attached hydrogens (tertiary/aromatic N) is 2. The fourth-order valence-electron chi connectivity index (χ4n) is 3.89. The normalized spacial score (nSPS) is 17.4. The average molecular weight is 372 g/mol. The minimum Gasteiger partial charge on any atom is -0.381 e. The first-order valence-corrected chi connectivity index (χ1v) is 9.81. The number of ether oxygens (including phenoxy) is 1. The summed E-state index contributed by atoms with van der Waals surface area (Å²) in [5, 5.41) is 8.29. The lowest BCUT2D eigenvalue weighted by Gasteiger charge is -2.43. The molecule has 3 rings (SSSR count). The summed E-state index contributed by atoms with van der Waals surface area (Å²) in [4.78, 5) is 10.1. The number of H-pyrrole nitrogens is 1. The van der Waals surface area contributed by atoms with Crippen molar-refractivity contribution in [2.75, 3.05) is 47.4 Å². The number of likely N-dealkylation sites (N-methyl/N-ethyl adjacent to an activating group) is 1. The van der Waals surface area contributed by atoms with Gasteiger partial charge in [0.05, 0.1) is 0 Å². The van der Waals surface area contributed by atoms with Crippen molar-refractivity contribution < 1.29 is 4.74 Å². The Bertz CT molecular complexity index is 774. The summed E-state index contributed by atoms with van der Waals surface area (Å²) in [7, 11) is 6.14. The number of guanidine groups is 1. The van der Waals surface area contributed by atoms with Gasteiger partial charge in [-0.05, 0) is 51.4 Å². The molecule has 1 aliphatic rings. The Labute approximate surface area is 162 Å². The maximum atomic E-state index is 5.55. The molecule has 3 N–H and O–H groups in total. The van der Waals surface area contributed by atoms with Crippen LogP contribution in [0, 0.1) is 6.92 Å². The number of rotatable bonds is 6. The van der Waals surface area contributed by atoms with Crippen LogP contribution in [0.4, 0.5) is 0 Å². The molecule has 0 saturated carbocycles. The average Bonchev–Trinajstić information content (AvgIpc) is 3.09. The summed E-state index contributed by atoms with van der Waals surface area (Å²) in [5.74, 6) is 0.860. The lowest BCUT2D eigenvalue weighted by Crippen LogP contribution is -2.57. The van der Waals surface area contributed by atoms with Gasteiger partial charge in [-0.3, -0.25) is 4.99 Å². The molecule has 6 nitrogen and oxygen atoms in total. The number of aromatic nitrogens is 1. The van der Waals surface area contributed by atoms with Crippen LogP contribution >= 0.6 is 0 Å². The van der Waals surface area contributed by atoms with E-state index in [4.69, 9.17) is 4.74 Å². The number of aryl methyl sites for hydroxylation is 1. The molecule has 2 aromatic rings. The van der Waals surface area contributed by atoms with Gasteiger partial charge in [0, 0.05) is 56.0 Å². The Morgan fingerprint density at radius 3 is 2.74 bits per heavy atom. The van der Waals surface area contributed by atoms with Crippen LogP contribution in [0.3, 0.4) is 0 Å². The number of fused-ring (bicyclic) bond motifs is 1. The smallest absolute Gasteiger partial charge is 0.191 e. The predicted molar refractivity (Wildman–Crippen MR) is 113 cm³/mol. The molecule has 0 bridgehead atoms. The molecule has 1 aromatic carbocycles. The maximum Gasteiger partial charge on any atom is 0.191 e. The Hall–Kier alpha value is -2.05. The van der Waals surface area contributed by atoms with Gasteiger partial charge in [-0.25, -0.2) is 0 Å². The van der Waals surface area contributed by atoms with Crippen molar-refractivity contribution in [2.24, 2.45) is 4.99 Å². The first kappa shape index (κ1) is 19.7. The van der Waals surface area contributed by atoms with Crippen LogP contribution in [0.5, 0.6) is 0 Å². The van der Waals surface area contributed by atoms with E-state index in [-0.39, 0.29) is 5.54 Å². The minimum atomic E-state index is 0.129. The van der Waals surface area contributed by atoms with Crippen LogP contribution < -0.4 is 10.6 Å². The maximum absolute atomic E-state index is 5.55. The van der Waals surface area contributed by atoms with Gasteiger partial charge in [-0.15, -0.1) is 0 Å². The lowest BCUT2D eigenvalue weighted by atomic mass is 9.88. The molecule has 27 heavy (non-hydrogen) atoms. The van der Waals surface area contributed by atoms with Crippen molar-refractivity contribution in [3.05, 3.63) is 35.5 Å². The number of hydrogen-bond donors (Lipinski definition) is 3. The van der Waals surface area contributed by atoms with E-state index in [2.05, 4.69) is 70.9 Å². The Balaban J connectivity index is 1.54. The van der Waals surface area contributed by atoms with Crippen molar-refractivity contribution in [1.82, 2.24) is 20.5 Å². The van der Waals surface area contributed by atoms with Gasteiger partial charge in [-0.2, -0.15) is 0 Å². The number of aromatic amines is 1. The molecule has 0 aliphatic carbocycles. The van der Waals surface area contributed by atoms with E-state index >= 15 is 0 Å². The second-order valence-corrected chi connectivity index (χ2v) is 7.65. The van der Waals surface area contributed by atoms with Crippen LogP contribution in [-0.4, -0.2) is 68.8 Å². The second-order valence-electron chi connectivity index (χ2n) is 7.65. The predicted octanol–water partition coefficient (Wildman–Crippen LogP) is 2.29. The molecule has 0 amide bonds. The minimum absolute atomic E-state index is 0.129. The summed E-state index contributed by atoms with van der Waals surface area (Å²) in [5.41, 5.74) is 3.99. The SMILES string of the molecule is CN=C(NCCc1c[nH]c2c(C)cccc12)NCC1(N(C)C)CCOCC1. The zero-order valence-corrected chi connectivity index (χ0v) is 17.1. The highest BCUT2D eigenvalue weighted by molar-refractivity contribution is 5.86. The summed E-state index contributed by atoms with van der Waals surface area (Å²) in [6.45, 7) is 5.51. The van der Waals surface area contributed by atoms with Gasteiger partial charge in [0.25, 0.3) is 0 Å². The summed E-state index contributed by atoms with van der Waals surface area (Å²) >= 11 is 0. The molecule has 1 fully saturated rings. The third-order valence-electron chi connectivity index (χ3n) is 5.88. The highest BCUT2D eigenvalue weighted by atomic mass is 16.5. The van der Waals surface area contributed by atoms with E-state index in [9.17, 15) is 0 Å². The van der Waals surface area contributed by atoms with Crippen molar-refractivity contribution in [3.8, 4) is 0 Å². The van der Waals surface area contributed by atoms with E-state index < -0.39 is 0 Å². The van der Waals surface area contributed by atoms with Gasteiger partial charge in [0.1, 0.15) is 0 Å². The van der Waals surface area contributed by atoms with Crippen LogP contribution in [-0.2, 0) is 11.2 Å². The van der Waals surface area contributed by atoms with E-state index in [1.54, 1.807) is 0 Å². The summed E-state index contributed by atoms with van der Waals surface area (Å²) < 4.78 is 5.55. The summed E-state index contributed by atoms with van der Waals surface area (Å²) in [6, 6.07) is 6.45. The van der Waals surface area contributed by atoms with Crippen LogP contribution in [0.25, 0.3) is 10.9 Å². The lowest BCUT2D eigenvalue weighted by molar-refractivity contribution is -0.00500. The van der Waals surface area contributed by atoms with E-state index in [1.165, 1.54) is 22.0 Å². The fraction of sp³-hybridized carbons (Fsp3) is 0.571. The Morgan fingerprint density at radius 1 is 1.26 bits per heavy atom. The fourth-order valence-corrected chi connectivity index (χ4v) is 3.89. The van der Waals surface area contributed by atoms with Crippen molar-refractivity contribution >= 4 is 16.9 Å². The second kappa shape index (κ2) is 8.76. The van der Waals surface area contributed by atoms with Gasteiger partial charge in [0.2, 0.25) is 0 Å². The largest absolute Gasteiger partial charge is 0.381 e. The van der Waals surface area contributed by atoms with Gasteiger partial charge >= 0.3 is 0 Å². The zero-order chi connectivity index (χ0) is 19.3. The Kier molecular flexibility index (Phi) is 6.39. The quantitative estimate of drug-likeness (QED) is 0.539. The standard InChI is InChI=1S/C21H33N5O/c1-16-6-5-7-18-17(14-24-19(16)18)8-11-23-20(22-2)25-15-21(26(3)4)9-12-27-13-10-21/h5-7,14,24H,8-13,15H2,1-4H3,(H2,22,23,25). The molecule has 6 heteroatoms. The number of nitrogens with one attached hydrogen (secondary N) is 3. The molecule has 2 heterocycles. The van der Waals surface area contributed by atoms with Gasteiger partial charge in [-0.1, -0.05) is 18.2 Å². The van der Waals surface area contributed by atoms with Crippen molar-refractivity contribution in [2.45, 2.75) is 31.7 Å². The molecule has 1 saturated heterocycles. The van der Waals surface area contributed by atoms with E-state index in [0.29, 0.717) is 0 Å². The number of aliphatic imine (C=N–C) groups is 1. The third-order valence-corrected chi connectivity index (χ3v) is 5.88. The highest BCUT2D eigenvalue weighted by Gasteiger charge is 2.34. The number of para-hydroxylation sites is 1. The first-order chi connectivity index (χ1) is 13.1. The van der Waals surface area contributed by atoms with Gasteiger partial charge in [0.15, 0.2) is 5.96 Å². The van der Waals surface area contributed by atoms with Crippen LogP contribution in [0.15, 0.2) is 29.4 Å². The van der Waals surface area contributed by atoms with Crippen LogP contribution in [0.2, 0.25) is 0 Å². The van der Waals surface area contributed by atoms with E-state index in [0.717, 1.165) is 51.5 Å².